The van der Waals surface area contributed by atoms with Crippen LogP contribution >= 0.6 is 0 Å². The Bertz CT molecular complexity index is 721. The molecule has 3 aliphatic rings. The molecular weight excluding hydrogens is 448 g/mol. The Kier molecular flexibility index (Phi) is 9.46. The zero-order valence-electron chi connectivity index (χ0n) is 21.7. The lowest BCUT2D eigenvalue weighted by Gasteiger charge is -2.43. The van der Waals surface area contributed by atoms with E-state index in [0.717, 1.165) is 12.8 Å². The van der Waals surface area contributed by atoms with Crippen LogP contribution in [0.4, 0.5) is 0 Å². The number of hydrogen-bond acceptors (Lipinski definition) is 5. The van der Waals surface area contributed by atoms with E-state index in [-0.39, 0.29) is 35.5 Å². The van der Waals surface area contributed by atoms with Gasteiger partial charge in [-0.15, -0.1) is 0 Å². The van der Waals surface area contributed by atoms with Crippen LogP contribution in [0.25, 0.3) is 0 Å². The van der Waals surface area contributed by atoms with Crippen LogP contribution < -0.4 is 0 Å². The summed E-state index contributed by atoms with van der Waals surface area (Å²) >= 11 is 0. The van der Waals surface area contributed by atoms with Crippen molar-refractivity contribution in [3.63, 3.8) is 0 Å². The molecule has 34 heavy (non-hydrogen) atoms. The summed E-state index contributed by atoms with van der Waals surface area (Å²) in [5.41, 5.74) is 0. The maximum Gasteiger partial charge on any atom is 0.303 e. The maximum absolute atomic E-state index is 11.6. The minimum absolute atomic E-state index is 0.0376. The number of hydrogen-bond donors (Lipinski definition) is 2. The number of aliphatic hydroxyl groups excluding tert-OH is 1. The molecule has 0 radical (unpaired) electrons. The second-order valence-corrected chi connectivity index (χ2v) is 16.8. The van der Waals surface area contributed by atoms with E-state index in [2.05, 4.69) is 33.9 Å². The van der Waals surface area contributed by atoms with Crippen LogP contribution in [0.1, 0.15) is 78.6 Å². The van der Waals surface area contributed by atoms with Gasteiger partial charge in [-0.25, -0.2) is 0 Å². The van der Waals surface area contributed by atoms with Crippen molar-refractivity contribution in [1.29, 1.82) is 0 Å². The maximum atomic E-state index is 11.6. The van der Waals surface area contributed by atoms with Crippen LogP contribution in [-0.2, 0) is 18.7 Å². The number of aliphatic carboxylic acids is 1. The molecule has 6 atom stereocenters. The minimum atomic E-state index is -1.95. The summed E-state index contributed by atoms with van der Waals surface area (Å²) < 4.78 is 18.8. The summed E-state index contributed by atoms with van der Waals surface area (Å²) in [5.74, 6) is -0.664. The normalized spacial score (nSPS) is 31.4. The molecule has 7 heteroatoms. The van der Waals surface area contributed by atoms with E-state index in [1.165, 1.54) is 32.1 Å². The van der Waals surface area contributed by atoms with Crippen molar-refractivity contribution in [2.24, 2.45) is 17.8 Å². The van der Waals surface area contributed by atoms with Gasteiger partial charge in [0.15, 0.2) is 8.32 Å². The molecule has 0 aromatic carbocycles. The number of aliphatic hydroxyl groups is 1. The summed E-state index contributed by atoms with van der Waals surface area (Å²) in [7, 11) is -1.95. The molecular formula is C27H46O6Si. The molecule has 1 heterocycles. The molecule has 0 spiro atoms. The Morgan fingerprint density at radius 1 is 1.15 bits per heavy atom. The highest BCUT2D eigenvalue weighted by Gasteiger charge is 2.46. The summed E-state index contributed by atoms with van der Waals surface area (Å²) in [4.78, 5) is 11.6. The largest absolute Gasteiger partial charge is 0.481 e. The van der Waals surface area contributed by atoms with E-state index in [4.69, 9.17) is 13.9 Å². The summed E-state index contributed by atoms with van der Waals surface area (Å²) in [6.07, 6.45) is 14.2. The Morgan fingerprint density at radius 3 is 2.44 bits per heavy atom. The highest BCUT2D eigenvalue weighted by atomic mass is 28.4. The Labute approximate surface area is 206 Å². The lowest BCUT2D eigenvalue weighted by molar-refractivity contribution is -0.140. The number of carbonyl (C=O) groups is 1. The molecule has 0 saturated heterocycles. The van der Waals surface area contributed by atoms with E-state index in [9.17, 15) is 15.0 Å². The molecule has 2 aliphatic carbocycles. The van der Waals surface area contributed by atoms with E-state index in [1.54, 1.807) is 12.3 Å². The van der Waals surface area contributed by atoms with Crippen molar-refractivity contribution in [2.45, 2.75) is 121 Å². The van der Waals surface area contributed by atoms with E-state index >= 15 is 0 Å². The van der Waals surface area contributed by atoms with Crippen LogP contribution in [0, 0.1) is 17.8 Å². The van der Waals surface area contributed by atoms with Crippen LogP contribution in [-0.4, -0.2) is 49.1 Å². The van der Waals surface area contributed by atoms with Gasteiger partial charge in [-0.2, -0.15) is 0 Å². The third-order valence-electron chi connectivity index (χ3n) is 8.60. The second kappa shape index (κ2) is 11.7. The predicted octanol–water partition coefficient (Wildman–Crippen LogP) is 6.02. The van der Waals surface area contributed by atoms with Gasteiger partial charge in [0, 0.05) is 18.4 Å². The average Bonchev–Trinajstić information content (AvgIpc) is 3.05. The number of rotatable bonds is 10. The van der Waals surface area contributed by atoms with Crippen molar-refractivity contribution < 1.29 is 28.9 Å². The molecule has 0 bridgehead atoms. The van der Waals surface area contributed by atoms with Crippen molar-refractivity contribution in [1.82, 2.24) is 0 Å². The fourth-order valence-corrected chi connectivity index (χ4v) is 7.04. The minimum Gasteiger partial charge on any atom is -0.481 e. The van der Waals surface area contributed by atoms with Gasteiger partial charge in [0.25, 0.3) is 0 Å². The molecule has 0 aromatic rings. The van der Waals surface area contributed by atoms with Crippen molar-refractivity contribution >= 4 is 14.3 Å². The monoisotopic (exact) mass is 494 g/mol. The van der Waals surface area contributed by atoms with Crippen molar-refractivity contribution in [2.75, 3.05) is 0 Å². The van der Waals surface area contributed by atoms with Gasteiger partial charge in [-0.05, 0) is 67.8 Å². The molecule has 194 valence electrons. The fourth-order valence-electron chi connectivity index (χ4n) is 5.62. The first-order chi connectivity index (χ1) is 16.0. The molecule has 3 rings (SSSR count). The molecule has 0 amide bonds. The zero-order valence-corrected chi connectivity index (χ0v) is 22.7. The molecule has 6 nitrogen and oxygen atoms in total. The lowest BCUT2D eigenvalue weighted by Crippen LogP contribution is -2.46. The highest BCUT2D eigenvalue weighted by Crippen LogP contribution is 2.44. The molecule has 2 unspecified atom stereocenters. The van der Waals surface area contributed by atoms with Gasteiger partial charge in [-0.3, -0.25) is 4.79 Å². The molecule has 2 fully saturated rings. The van der Waals surface area contributed by atoms with E-state index < -0.39 is 26.7 Å². The van der Waals surface area contributed by atoms with Gasteiger partial charge in [0.05, 0.1) is 24.9 Å². The standard InChI is InChI=1S/C27H46O6Si/c1-27(2,3)34(4,5)33-23(19-11-7-6-8-12-19)15-14-20-21(17-25(29)30)22(28)18-24(20)32-26-13-9-10-16-31-26/h9-10,13,16,19-24,26,28H,6-8,11-12,14-15,17-18H2,1-5H3,(H,29,30)/t20-,21?,22-,23?,24+,26+/m0/s1. The van der Waals surface area contributed by atoms with Crippen molar-refractivity contribution in [3.05, 3.63) is 24.5 Å². The molecule has 1 aliphatic heterocycles. The lowest BCUT2D eigenvalue weighted by atomic mass is 9.80. The second-order valence-electron chi connectivity index (χ2n) is 12.0. The fraction of sp³-hybridized carbons (Fsp3) is 0.815. The van der Waals surface area contributed by atoms with E-state index in [0.29, 0.717) is 12.3 Å². The van der Waals surface area contributed by atoms with Crippen molar-refractivity contribution in [3.8, 4) is 0 Å². The van der Waals surface area contributed by atoms with Gasteiger partial charge >= 0.3 is 5.97 Å². The summed E-state index contributed by atoms with van der Waals surface area (Å²) in [6.45, 7) is 11.5. The third-order valence-corrected chi connectivity index (χ3v) is 13.1. The molecule has 2 N–H and O–H groups in total. The Balaban J connectivity index is 1.75. The van der Waals surface area contributed by atoms with Gasteiger partial charge in [0.2, 0.25) is 6.29 Å². The van der Waals surface area contributed by atoms with Gasteiger partial charge in [0.1, 0.15) is 0 Å². The van der Waals surface area contributed by atoms with Crippen LogP contribution in [0.5, 0.6) is 0 Å². The van der Waals surface area contributed by atoms with E-state index in [1.807, 2.05) is 12.2 Å². The number of ether oxygens (including phenoxy) is 2. The summed E-state index contributed by atoms with van der Waals surface area (Å²) in [5, 5.41) is 20.4. The van der Waals surface area contributed by atoms with Crippen LogP contribution in [0.15, 0.2) is 24.5 Å². The SMILES string of the molecule is CC(C)(C)[Si](C)(C)OC(CC[C@H]1C(CC(=O)O)[C@@H](O)C[C@H]1O[C@@H]1C=CC=CO1)C1CCCCC1. The molecule has 2 saturated carbocycles. The van der Waals surface area contributed by atoms with Gasteiger partial charge in [-0.1, -0.05) is 46.1 Å². The van der Waals surface area contributed by atoms with Crippen LogP contribution in [0.3, 0.4) is 0 Å². The highest BCUT2D eigenvalue weighted by molar-refractivity contribution is 6.74. The quantitative estimate of drug-likeness (QED) is 0.361. The third kappa shape index (κ3) is 7.18. The smallest absolute Gasteiger partial charge is 0.303 e. The first-order valence-corrected chi connectivity index (χ1v) is 16.1. The first kappa shape index (κ1) is 27.4. The average molecular weight is 495 g/mol. The number of carboxylic acid groups (broad SMARTS) is 1. The van der Waals surface area contributed by atoms with Crippen LogP contribution in [0.2, 0.25) is 18.1 Å². The Hall–Kier alpha value is -1.15. The zero-order chi connectivity index (χ0) is 24.9. The number of allylic oxidation sites excluding steroid dienone is 2. The van der Waals surface area contributed by atoms with Gasteiger partial charge < -0.3 is 24.1 Å². The Morgan fingerprint density at radius 2 is 1.85 bits per heavy atom. The topological polar surface area (TPSA) is 85.2 Å². The predicted molar refractivity (Wildman–Crippen MR) is 136 cm³/mol. The first-order valence-electron chi connectivity index (χ1n) is 13.2. The number of carboxylic acids is 1. The molecule has 0 aromatic heterocycles. The summed E-state index contributed by atoms with van der Waals surface area (Å²) in [6, 6.07) is 0.